The second-order valence-electron chi connectivity index (χ2n) is 4.52. The Morgan fingerprint density at radius 1 is 1.37 bits per heavy atom. The smallest absolute Gasteiger partial charge is 0.354 e. The van der Waals surface area contributed by atoms with E-state index in [4.69, 9.17) is 4.74 Å². The number of carbonyl (C=O) groups is 1. The Morgan fingerprint density at radius 3 is 2.63 bits per heavy atom. The zero-order valence-corrected chi connectivity index (χ0v) is 11.4. The van der Waals surface area contributed by atoms with E-state index in [1.807, 2.05) is 26.0 Å². The van der Waals surface area contributed by atoms with E-state index in [0.717, 1.165) is 16.7 Å². The summed E-state index contributed by atoms with van der Waals surface area (Å²) in [7, 11) is 3.23. The van der Waals surface area contributed by atoms with Crippen LogP contribution in [0.3, 0.4) is 0 Å². The Balaban J connectivity index is 2.76. The number of imidazole rings is 1. The van der Waals surface area contributed by atoms with Gasteiger partial charge in [0.2, 0.25) is 0 Å². The molecule has 0 unspecified atom stereocenters. The van der Waals surface area contributed by atoms with Crippen LogP contribution in [0, 0.1) is 13.8 Å². The van der Waals surface area contributed by atoms with E-state index in [1.165, 1.54) is 10.9 Å². The van der Waals surface area contributed by atoms with Crippen molar-refractivity contribution in [3.05, 3.63) is 35.3 Å². The van der Waals surface area contributed by atoms with Crippen molar-refractivity contribution in [1.29, 1.82) is 0 Å². The number of carboxylic acid groups (broad SMARTS) is 1. The summed E-state index contributed by atoms with van der Waals surface area (Å²) in [5.41, 5.74) is 3.32. The number of aromatic carboxylic acids is 1. The molecular formula is C14H16N2O3. The minimum atomic E-state index is -1.00. The first-order valence-electron chi connectivity index (χ1n) is 5.86. The van der Waals surface area contributed by atoms with Crippen molar-refractivity contribution in [2.45, 2.75) is 13.8 Å². The lowest BCUT2D eigenvalue weighted by Crippen LogP contribution is -2.06. The average molecular weight is 260 g/mol. The Labute approximate surface area is 111 Å². The maximum atomic E-state index is 11.4. The van der Waals surface area contributed by atoms with Crippen molar-refractivity contribution in [2.24, 2.45) is 7.05 Å². The molecule has 2 rings (SSSR count). The SMILES string of the molecule is COc1cc(C)cc(C)c1-c1ncn(C)c1C(=O)O. The summed E-state index contributed by atoms with van der Waals surface area (Å²) in [6.45, 7) is 3.89. The molecule has 1 N–H and O–H groups in total. The number of ether oxygens (including phenoxy) is 1. The molecule has 0 spiro atoms. The van der Waals surface area contributed by atoms with Crippen LogP contribution in [0.25, 0.3) is 11.3 Å². The number of aryl methyl sites for hydroxylation is 3. The van der Waals surface area contributed by atoms with E-state index in [1.54, 1.807) is 14.2 Å². The molecule has 0 fully saturated rings. The zero-order valence-electron chi connectivity index (χ0n) is 11.4. The number of rotatable bonds is 3. The Hall–Kier alpha value is -2.30. The van der Waals surface area contributed by atoms with Crippen LogP contribution in [0.5, 0.6) is 5.75 Å². The summed E-state index contributed by atoms with van der Waals surface area (Å²) >= 11 is 0. The molecule has 5 heteroatoms. The zero-order chi connectivity index (χ0) is 14.2. The number of methoxy groups -OCH3 is 1. The van der Waals surface area contributed by atoms with Crippen molar-refractivity contribution >= 4 is 5.97 Å². The van der Waals surface area contributed by atoms with Gasteiger partial charge >= 0.3 is 5.97 Å². The third kappa shape index (κ3) is 2.19. The standard InChI is InChI=1S/C14H16N2O3/c1-8-5-9(2)11(10(6-8)19-4)12-13(14(17)18)16(3)7-15-12/h5-7H,1-4H3,(H,17,18). The number of aromatic nitrogens is 2. The molecule has 2 aromatic rings. The van der Waals surface area contributed by atoms with E-state index in [2.05, 4.69) is 4.98 Å². The van der Waals surface area contributed by atoms with Crippen LogP contribution in [0.1, 0.15) is 21.6 Å². The molecule has 0 saturated carbocycles. The minimum Gasteiger partial charge on any atom is -0.496 e. The molecule has 0 radical (unpaired) electrons. The predicted octanol–water partition coefficient (Wildman–Crippen LogP) is 2.41. The Bertz CT molecular complexity index is 644. The van der Waals surface area contributed by atoms with Gasteiger partial charge in [0.25, 0.3) is 0 Å². The lowest BCUT2D eigenvalue weighted by atomic mass is 10.0. The van der Waals surface area contributed by atoms with Crippen molar-refractivity contribution in [2.75, 3.05) is 7.11 Å². The van der Waals surface area contributed by atoms with Crippen LogP contribution < -0.4 is 4.74 Å². The summed E-state index contributed by atoms with van der Waals surface area (Å²) in [6, 6.07) is 3.86. The molecule has 0 aliphatic rings. The highest BCUT2D eigenvalue weighted by molar-refractivity contribution is 5.94. The molecule has 5 nitrogen and oxygen atoms in total. The molecule has 1 heterocycles. The van der Waals surface area contributed by atoms with Crippen LogP contribution in [0.2, 0.25) is 0 Å². The monoisotopic (exact) mass is 260 g/mol. The molecule has 0 aliphatic heterocycles. The highest BCUT2D eigenvalue weighted by Gasteiger charge is 2.22. The second-order valence-corrected chi connectivity index (χ2v) is 4.52. The molecule has 19 heavy (non-hydrogen) atoms. The van der Waals surface area contributed by atoms with E-state index in [9.17, 15) is 9.90 Å². The highest BCUT2D eigenvalue weighted by atomic mass is 16.5. The molecule has 1 aromatic carbocycles. The number of hydrogen-bond acceptors (Lipinski definition) is 3. The first-order chi connectivity index (χ1) is 8.95. The van der Waals surface area contributed by atoms with Gasteiger partial charge in [0.1, 0.15) is 11.4 Å². The first-order valence-corrected chi connectivity index (χ1v) is 5.86. The van der Waals surface area contributed by atoms with Gasteiger partial charge < -0.3 is 14.4 Å². The number of carboxylic acids is 1. The normalized spacial score (nSPS) is 10.5. The van der Waals surface area contributed by atoms with Crippen LogP contribution in [0.4, 0.5) is 0 Å². The molecule has 0 aliphatic carbocycles. The fourth-order valence-corrected chi connectivity index (χ4v) is 2.26. The fourth-order valence-electron chi connectivity index (χ4n) is 2.26. The fraction of sp³-hybridized carbons (Fsp3) is 0.286. The van der Waals surface area contributed by atoms with Gasteiger partial charge in [-0.25, -0.2) is 9.78 Å². The summed E-state index contributed by atoms with van der Waals surface area (Å²) in [5, 5.41) is 9.30. The van der Waals surface area contributed by atoms with Gasteiger partial charge in [-0.1, -0.05) is 6.07 Å². The lowest BCUT2D eigenvalue weighted by molar-refractivity contribution is 0.0687. The topological polar surface area (TPSA) is 64.4 Å². The molecule has 0 amide bonds. The maximum Gasteiger partial charge on any atom is 0.354 e. The Morgan fingerprint density at radius 2 is 2.05 bits per heavy atom. The van der Waals surface area contributed by atoms with Gasteiger partial charge in [0.15, 0.2) is 5.69 Å². The number of benzene rings is 1. The molecule has 1 aromatic heterocycles. The summed E-state index contributed by atoms with van der Waals surface area (Å²) in [6.07, 6.45) is 1.50. The summed E-state index contributed by atoms with van der Waals surface area (Å²) < 4.78 is 6.86. The van der Waals surface area contributed by atoms with Gasteiger partial charge in [-0.2, -0.15) is 0 Å². The Kier molecular flexibility index (Phi) is 3.29. The number of hydrogen-bond donors (Lipinski definition) is 1. The van der Waals surface area contributed by atoms with Crippen molar-refractivity contribution in [3.8, 4) is 17.0 Å². The first kappa shape index (κ1) is 13.1. The second kappa shape index (κ2) is 4.76. The highest BCUT2D eigenvalue weighted by Crippen LogP contribution is 2.35. The quantitative estimate of drug-likeness (QED) is 0.920. The molecule has 0 saturated heterocycles. The molecule has 100 valence electrons. The van der Waals surface area contributed by atoms with Crippen molar-refractivity contribution < 1.29 is 14.6 Å². The predicted molar refractivity (Wildman–Crippen MR) is 71.6 cm³/mol. The molecular weight excluding hydrogens is 244 g/mol. The minimum absolute atomic E-state index is 0.158. The van der Waals surface area contributed by atoms with Gasteiger partial charge in [0.05, 0.1) is 13.4 Å². The van der Waals surface area contributed by atoms with Crippen molar-refractivity contribution in [3.63, 3.8) is 0 Å². The van der Waals surface area contributed by atoms with Crippen LogP contribution >= 0.6 is 0 Å². The van der Waals surface area contributed by atoms with E-state index >= 15 is 0 Å². The third-order valence-electron chi connectivity index (χ3n) is 3.04. The third-order valence-corrected chi connectivity index (χ3v) is 3.04. The van der Waals surface area contributed by atoms with E-state index < -0.39 is 5.97 Å². The van der Waals surface area contributed by atoms with Gasteiger partial charge in [-0.05, 0) is 31.0 Å². The van der Waals surface area contributed by atoms with Crippen LogP contribution in [-0.4, -0.2) is 27.7 Å². The maximum absolute atomic E-state index is 11.4. The summed E-state index contributed by atoms with van der Waals surface area (Å²) in [5.74, 6) is -0.365. The van der Waals surface area contributed by atoms with Gasteiger partial charge in [0, 0.05) is 12.6 Å². The van der Waals surface area contributed by atoms with E-state index in [-0.39, 0.29) is 5.69 Å². The largest absolute Gasteiger partial charge is 0.496 e. The number of nitrogens with zero attached hydrogens (tertiary/aromatic N) is 2. The summed E-state index contributed by atoms with van der Waals surface area (Å²) in [4.78, 5) is 15.6. The van der Waals surface area contributed by atoms with Gasteiger partial charge in [-0.3, -0.25) is 0 Å². The molecule has 0 atom stereocenters. The lowest BCUT2D eigenvalue weighted by Gasteiger charge is -2.12. The van der Waals surface area contributed by atoms with E-state index in [0.29, 0.717) is 11.4 Å². The van der Waals surface area contributed by atoms with Gasteiger partial charge in [-0.15, -0.1) is 0 Å². The van der Waals surface area contributed by atoms with Crippen LogP contribution in [0.15, 0.2) is 18.5 Å². The molecule has 0 bridgehead atoms. The average Bonchev–Trinajstić information content (AvgIpc) is 2.69. The van der Waals surface area contributed by atoms with Crippen molar-refractivity contribution in [1.82, 2.24) is 9.55 Å². The van der Waals surface area contributed by atoms with Crippen LogP contribution in [-0.2, 0) is 7.05 Å².